The Balaban J connectivity index is 2.03. The van der Waals surface area contributed by atoms with E-state index in [0.717, 1.165) is 23.5 Å². The minimum absolute atomic E-state index is 0.000694. The van der Waals surface area contributed by atoms with Gasteiger partial charge in [-0.05, 0) is 25.5 Å². The Labute approximate surface area is 118 Å². The molecule has 0 saturated heterocycles. The molecular formula is C15H18N4O. The lowest BCUT2D eigenvalue weighted by atomic mass is 10.1. The summed E-state index contributed by atoms with van der Waals surface area (Å²) in [5.41, 5.74) is 3.56. The van der Waals surface area contributed by atoms with E-state index in [1.807, 2.05) is 30.0 Å². The highest BCUT2D eigenvalue weighted by Crippen LogP contribution is 2.25. The summed E-state index contributed by atoms with van der Waals surface area (Å²) in [4.78, 5) is 14.6. The van der Waals surface area contributed by atoms with E-state index in [2.05, 4.69) is 28.5 Å². The van der Waals surface area contributed by atoms with Crippen molar-refractivity contribution >= 4 is 11.6 Å². The van der Waals surface area contributed by atoms with Crippen LogP contribution in [-0.2, 0) is 6.54 Å². The number of anilines is 1. The third-order valence-corrected chi connectivity index (χ3v) is 3.69. The minimum Gasteiger partial charge on any atom is -0.308 e. The smallest absolute Gasteiger partial charge is 0.261 e. The third kappa shape index (κ3) is 2.20. The first-order valence-electron chi connectivity index (χ1n) is 6.80. The number of carbonyl (C=O) groups is 1. The number of carbonyl (C=O) groups excluding carboxylic acids is 1. The van der Waals surface area contributed by atoms with Gasteiger partial charge in [-0.15, -0.1) is 0 Å². The molecule has 2 aromatic rings. The number of fused-ring (bicyclic) bond motifs is 1. The molecule has 1 unspecified atom stereocenters. The van der Waals surface area contributed by atoms with E-state index >= 15 is 0 Å². The Morgan fingerprint density at radius 3 is 2.95 bits per heavy atom. The number of H-pyrrole nitrogens is 1. The Morgan fingerprint density at radius 2 is 2.20 bits per heavy atom. The molecule has 1 aromatic heterocycles. The lowest BCUT2D eigenvalue weighted by Crippen LogP contribution is -2.39. The van der Waals surface area contributed by atoms with E-state index in [-0.39, 0.29) is 11.9 Å². The van der Waals surface area contributed by atoms with Gasteiger partial charge in [-0.1, -0.05) is 18.2 Å². The molecule has 1 atom stereocenters. The zero-order valence-corrected chi connectivity index (χ0v) is 11.7. The molecule has 1 aliphatic rings. The molecule has 1 aromatic carbocycles. The fourth-order valence-corrected chi connectivity index (χ4v) is 2.55. The lowest BCUT2D eigenvalue weighted by Gasteiger charge is -2.24. The number of benzene rings is 1. The van der Waals surface area contributed by atoms with Gasteiger partial charge in [0, 0.05) is 30.5 Å². The molecule has 0 radical (unpaired) electrons. The average molecular weight is 270 g/mol. The van der Waals surface area contributed by atoms with Gasteiger partial charge in [-0.3, -0.25) is 9.89 Å². The minimum atomic E-state index is -0.000694. The van der Waals surface area contributed by atoms with Gasteiger partial charge < -0.3 is 10.2 Å². The Kier molecular flexibility index (Phi) is 3.28. The van der Waals surface area contributed by atoms with Crippen molar-refractivity contribution in [2.75, 3.05) is 11.4 Å². The number of hydrogen-bond donors (Lipinski definition) is 2. The van der Waals surface area contributed by atoms with Crippen LogP contribution in [0.2, 0.25) is 0 Å². The summed E-state index contributed by atoms with van der Waals surface area (Å²) >= 11 is 0. The second-order valence-corrected chi connectivity index (χ2v) is 5.24. The van der Waals surface area contributed by atoms with Gasteiger partial charge >= 0.3 is 0 Å². The molecule has 20 heavy (non-hydrogen) atoms. The van der Waals surface area contributed by atoms with Gasteiger partial charge in [0.25, 0.3) is 5.91 Å². The largest absolute Gasteiger partial charge is 0.308 e. The van der Waals surface area contributed by atoms with Crippen LogP contribution in [0.4, 0.5) is 5.69 Å². The predicted molar refractivity (Wildman–Crippen MR) is 77.7 cm³/mol. The molecule has 0 fully saturated rings. The van der Waals surface area contributed by atoms with Gasteiger partial charge in [-0.2, -0.15) is 5.10 Å². The van der Waals surface area contributed by atoms with Crippen LogP contribution in [0.5, 0.6) is 0 Å². The summed E-state index contributed by atoms with van der Waals surface area (Å²) in [5.74, 6) is -0.000694. The number of nitrogens with one attached hydrogen (secondary N) is 2. The number of hydrogen-bond acceptors (Lipinski definition) is 3. The van der Waals surface area contributed by atoms with Gasteiger partial charge in [0.1, 0.15) is 0 Å². The second kappa shape index (κ2) is 5.09. The van der Waals surface area contributed by atoms with Crippen molar-refractivity contribution in [3.05, 3.63) is 47.3 Å². The number of aromatic amines is 1. The fraction of sp³-hybridized carbons (Fsp3) is 0.333. The zero-order chi connectivity index (χ0) is 14.1. The van der Waals surface area contributed by atoms with E-state index in [1.165, 1.54) is 0 Å². The molecule has 1 amide bonds. The quantitative estimate of drug-likeness (QED) is 0.831. The summed E-state index contributed by atoms with van der Waals surface area (Å²) in [7, 11) is 0. The monoisotopic (exact) mass is 270 g/mol. The highest BCUT2D eigenvalue weighted by atomic mass is 16.2. The summed E-state index contributed by atoms with van der Waals surface area (Å²) in [5, 5.41) is 10.2. The molecule has 0 saturated carbocycles. The van der Waals surface area contributed by atoms with Gasteiger partial charge in [-0.25, -0.2) is 0 Å². The van der Waals surface area contributed by atoms with Crippen LogP contribution < -0.4 is 10.2 Å². The first-order chi connectivity index (χ1) is 9.66. The van der Waals surface area contributed by atoms with Crippen molar-refractivity contribution < 1.29 is 4.79 Å². The van der Waals surface area contributed by atoms with Crippen molar-refractivity contribution in [3.63, 3.8) is 0 Å². The lowest BCUT2D eigenvalue weighted by molar-refractivity contribution is 0.0985. The van der Waals surface area contributed by atoms with Crippen LogP contribution in [0, 0.1) is 6.92 Å². The van der Waals surface area contributed by atoms with E-state index in [1.54, 1.807) is 6.20 Å². The summed E-state index contributed by atoms with van der Waals surface area (Å²) in [6.45, 7) is 5.39. The maximum absolute atomic E-state index is 12.8. The molecule has 5 heteroatoms. The Bertz CT molecular complexity index is 634. The number of amides is 1. The predicted octanol–water partition coefficient (Wildman–Crippen LogP) is 1.86. The summed E-state index contributed by atoms with van der Waals surface area (Å²) in [6, 6.07) is 8.28. The van der Waals surface area contributed by atoms with Crippen molar-refractivity contribution in [2.45, 2.75) is 26.4 Å². The molecule has 0 bridgehead atoms. The van der Waals surface area contributed by atoms with Crippen molar-refractivity contribution in [2.24, 2.45) is 0 Å². The van der Waals surface area contributed by atoms with E-state index in [9.17, 15) is 4.79 Å². The molecule has 3 rings (SSSR count). The van der Waals surface area contributed by atoms with Crippen LogP contribution in [0.3, 0.4) is 0 Å². The fourth-order valence-electron chi connectivity index (χ4n) is 2.55. The van der Waals surface area contributed by atoms with Gasteiger partial charge in [0.2, 0.25) is 0 Å². The normalized spacial score (nSPS) is 18.5. The highest BCUT2D eigenvalue weighted by molar-refractivity contribution is 6.07. The number of nitrogens with zero attached hydrogens (tertiary/aromatic N) is 2. The average Bonchev–Trinajstić information content (AvgIpc) is 2.80. The molecule has 104 valence electrons. The van der Waals surface area contributed by atoms with E-state index in [0.29, 0.717) is 12.1 Å². The Morgan fingerprint density at radius 1 is 1.40 bits per heavy atom. The number of aryl methyl sites for hydroxylation is 1. The number of rotatable bonds is 1. The molecular weight excluding hydrogens is 252 g/mol. The van der Waals surface area contributed by atoms with Crippen LogP contribution in [-0.4, -0.2) is 28.7 Å². The topological polar surface area (TPSA) is 61.0 Å². The summed E-state index contributed by atoms with van der Waals surface area (Å²) < 4.78 is 0. The molecule has 2 N–H and O–H groups in total. The standard InChI is InChI=1S/C15H18N4O/c1-10-9-19(15(20)13-8-17-18-11(13)2)14-6-4-3-5-12(14)7-16-10/h3-6,8,10,16H,7,9H2,1-2H3,(H,17,18). The number of aromatic nitrogens is 2. The molecule has 0 spiro atoms. The first kappa shape index (κ1) is 12.9. The second-order valence-electron chi connectivity index (χ2n) is 5.24. The number of para-hydroxylation sites is 1. The Hall–Kier alpha value is -2.14. The molecule has 1 aliphatic heterocycles. The highest BCUT2D eigenvalue weighted by Gasteiger charge is 2.26. The zero-order valence-electron chi connectivity index (χ0n) is 11.7. The van der Waals surface area contributed by atoms with Crippen molar-refractivity contribution in [1.29, 1.82) is 0 Å². The van der Waals surface area contributed by atoms with Crippen LogP contribution in [0.15, 0.2) is 30.5 Å². The van der Waals surface area contributed by atoms with Crippen LogP contribution in [0.25, 0.3) is 0 Å². The van der Waals surface area contributed by atoms with Crippen LogP contribution >= 0.6 is 0 Å². The third-order valence-electron chi connectivity index (χ3n) is 3.69. The first-order valence-corrected chi connectivity index (χ1v) is 6.80. The summed E-state index contributed by atoms with van der Waals surface area (Å²) in [6.07, 6.45) is 1.60. The van der Waals surface area contributed by atoms with Gasteiger partial charge in [0.15, 0.2) is 0 Å². The molecule has 5 nitrogen and oxygen atoms in total. The molecule has 2 heterocycles. The van der Waals surface area contributed by atoms with Crippen LogP contribution in [0.1, 0.15) is 28.5 Å². The molecule has 0 aliphatic carbocycles. The van der Waals surface area contributed by atoms with Crippen molar-refractivity contribution in [3.8, 4) is 0 Å². The van der Waals surface area contributed by atoms with E-state index < -0.39 is 0 Å². The van der Waals surface area contributed by atoms with E-state index in [4.69, 9.17) is 0 Å². The maximum Gasteiger partial charge on any atom is 0.261 e. The SMILES string of the molecule is Cc1[nH]ncc1C(=O)N1CC(C)NCc2ccccc21. The van der Waals surface area contributed by atoms with Gasteiger partial charge in [0.05, 0.1) is 11.8 Å². The maximum atomic E-state index is 12.8. The van der Waals surface area contributed by atoms with Crippen molar-refractivity contribution in [1.82, 2.24) is 15.5 Å².